The third-order valence-corrected chi connectivity index (χ3v) is 3.24. The molecule has 2 heterocycles. The SMILES string of the molecule is CC1Nc2cc(-n3ccc(C=O)c3)c(F)cc2NC1=O. The minimum Gasteiger partial charge on any atom is -0.372 e. The Balaban J connectivity index is 2.07. The van der Waals surface area contributed by atoms with Crippen LogP contribution in [0.4, 0.5) is 15.8 Å². The molecule has 1 aliphatic rings. The lowest BCUT2D eigenvalue weighted by Crippen LogP contribution is -2.36. The summed E-state index contributed by atoms with van der Waals surface area (Å²) in [5.41, 5.74) is 1.84. The van der Waals surface area contributed by atoms with Crippen LogP contribution in [-0.2, 0) is 4.79 Å². The number of halogens is 1. The highest BCUT2D eigenvalue weighted by molar-refractivity contribution is 6.03. The molecule has 1 unspecified atom stereocenters. The summed E-state index contributed by atoms with van der Waals surface area (Å²) in [6.07, 6.45) is 3.86. The molecule has 2 aromatic rings. The van der Waals surface area contributed by atoms with E-state index in [1.165, 1.54) is 10.6 Å². The van der Waals surface area contributed by atoms with Crippen molar-refractivity contribution >= 4 is 23.6 Å². The van der Waals surface area contributed by atoms with E-state index in [1.54, 1.807) is 31.5 Å². The molecule has 0 radical (unpaired) electrons. The Morgan fingerprint density at radius 2 is 2.15 bits per heavy atom. The fourth-order valence-corrected chi connectivity index (χ4v) is 2.15. The second-order valence-electron chi connectivity index (χ2n) is 4.67. The monoisotopic (exact) mass is 273 g/mol. The number of aldehydes is 1. The average Bonchev–Trinajstić information content (AvgIpc) is 2.89. The Hall–Kier alpha value is -2.63. The zero-order chi connectivity index (χ0) is 14.3. The number of hydrogen-bond acceptors (Lipinski definition) is 3. The molecule has 2 N–H and O–H groups in total. The van der Waals surface area contributed by atoms with Crippen LogP contribution in [0.1, 0.15) is 17.3 Å². The van der Waals surface area contributed by atoms with Crippen LogP contribution in [-0.4, -0.2) is 22.8 Å². The maximum atomic E-state index is 14.1. The van der Waals surface area contributed by atoms with E-state index in [2.05, 4.69) is 10.6 Å². The van der Waals surface area contributed by atoms with Crippen molar-refractivity contribution in [2.45, 2.75) is 13.0 Å². The van der Waals surface area contributed by atoms with Crippen molar-refractivity contribution in [2.24, 2.45) is 0 Å². The first-order chi connectivity index (χ1) is 9.58. The molecule has 5 nitrogen and oxygen atoms in total. The maximum Gasteiger partial charge on any atom is 0.246 e. The van der Waals surface area contributed by atoms with Crippen LogP contribution in [0, 0.1) is 5.82 Å². The van der Waals surface area contributed by atoms with Gasteiger partial charge in [-0.2, -0.15) is 0 Å². The van der Waals surface area contributed by atoms with Gasteiger partial charge in [-0.05, 0) is 19.1 Å². The number of rotatable bonds is 2. The first kappa shape index (κ1) is 12.4. The van der Waals surface area contributed by atoms with Crippen LogP contribution in [0.15, 0.2) is 30.6 Å². The molecule has 3 rings (SSSR count). The van der Waals surface area contributed by atoms with Gasteiger partial charge in [-0.15, -0.1) is 0 Å². The highest BCUT2D eigenvalue weighted by Gasteiger charge is 2.23. The van der Waals surface area contributed by atoms with Gasteiger partial charge < -0.3 is 15.2 Å². The van der Waals surface area contributed by atoms with Crippen molar-refractivity contribution in [2.75, 3.05) is 10.6 Å². The minimum atomic E-state index is -0.478. The molecule has 0 aliphatic carbocycles. The van der Waals surface area contributed by atoms with Crippen LogP contribution < -0.4 is 10.6 Å². The lowest BCUT2D eigenvalue weighted by Gasteiger charge is -2.25. The number of nitrogens with one attached hydrogen (secondary N) is 2. The number of carbonyl (C=O) groups excluding carboxylic acids is 2. The summed E-state index contributed by atoms with van der Waals surface area (Å²) in [5, 5.41) is 5.64. The van der Waals surface area contributed by atoms with Gasteiger partial charge in [-0.1, -0.05) is 0 Å². The molecule has 102 valence electrons. The van der Waals surface area contributed by atoms with Crippen LogP contribution in [0.25, 0.3) is 5.69 Å². The Labute approximate surface area is 114 Å². The molecule has 0 saturated carbocycles. The number of amides is 1. The van der Waals surface area contributed by atoms with Gasteiger partial charge in [0.2, 0.25) is 5.91 Å². The number of benzene rings is 1. The molecule has 1 amide bonds. The fraction of sp³-hybridized carbons (Fsp3) is 0.143. The van der Waals surface area contributed by atoms with Gasteiger partial charge in [0, 0.05) is 24.0 Å². The lowest BCUT2D eigenvalue weighted by molar-refractivity contribution is -0.116. The fourth-order valence-electron chi connectivity index (χ4n) is 2.15. The van der Waals surface area contributed by atoms with Crippen LogP contribution in [0.2, 0.25) is 0 Å². The predicted molar refractivity (Wildman–Crippen MR) is 72.8 cm³/mol. The zero-order valence-electron chi connectivity index (χ0n) is 10.7. The van der Waals surface area contributed by atoms with Gasteiger partial charge in [-0.25, -0.2) is 4.39 Å². The van der Waals surface area contributed by atoms with Crippen LogP contribution >= 0.6 is 0 Å². The molecule has 6 heteroatoms. The van der Waals surface area contributed by atoms with Crippen molar-refractivity contribution in [3.05, 3.63) is 42.0 Å². The van der Waals surface area contributed by atoms with Crippen molar-refractivity contribution < 1.29 is 14.0 Å². The smallest absolute Gasteiger partial charge is 0.246 e. The summed E-state index contributed by atoms with van der Waals surface area (Å²) in [6.45, 7) is 1.72. The summed E-state index contributed by atoms with van der Waals surface area (Å²) < 4.78 is 15.6. The van der Waals surface area contributed by atoms with Crippen LogP contribution in [0.3, 0.4) is 0 Å². The Morgan fingerprint density at radius 1 is 1.35 bits per heavy atom. The number of fused-ring (bicyclic) bond motifs is 1. The highest BCUT2D eigenvalue weighted by Crippen LogP contribution is 2.31. The van der Waals surface area contributed by atoms with E-state index in [9.17, 15) is 14.0 Å². The van der Waals surface area contributed by atoms with Crippen molar-refractivity contribution in [3.8, 4) is 5.69 Å². The molecule has 1 aromatic carbocycles. The van der Waals surface area contributed by atoms with E-state index >= 15 is 0 Å². The van der Waals surface area contributed by atoms with E-state index in [0.29, 0.717) is 28.9 Å². The number of nitrogens with zero attached hydrogens (tertiary/aromatic N) is 1. The molecule has 1 aromatic heterocycles. The molecule has 0 fully saturated rings. The third kappa shape index (κ3) is 1.95. The second-order valence-corrected chi connectivity index (χ2v) is 4.67. The molecule has 20 heavy (non-hydrogen) atoms. The molecule has 1 atom stereocenters. The number of aromatic nitrogens is 1. The molecule has 0 saturated heterocycles. The average molecular weight is 273 g/mol. The number of carbonyl (C=O) groups is 2. The Kier molecular flexibility index (Phi) is 2.78. The van der Waals surface area contributed by atoms with Crippen molar-refractivity contribution in [3.63, 3.8) is 0 Å². The molecule has 0 spiro atoms. The molecule has 1 aliphatic heterocycles. The largest absolute Gasteiger partial charge is 0.372 e. The minimum absolute atomic E-state index is 0.200. The van der Waals surface area contributed by atoms with Gasteiger partial charge in [-0.3, -0.25) is 9.59 Å². The summed E-state index contributed by atoms with van der Waals surface area (Å²) in [6, 6.07) is 4.09. The van der Waals surface area contributed by atoms with Crippen molar-refractivity contribution in [1.82, 2.24) is 4.57 Å². The Bertz CT molecular complexity index is 708. The summed E-state index contributed by atoms with van der Waals surface area (Å²) in [4.78, 5) is 22.2. The maximum absolute atomic E-state index is 14.1. The zero-order valence-corrected chi connectivity index (χ0v) is 10.7. The van der Waals surface area contributed by atoms with Gasteiger partial charge in [0.25, 0.3) is 0 Å². The number of anilines is 2. The molecular weight excluding hydrogens is 261 g/mol. The van der Waals surface area contributed by atoms with E-state index in [4.69, 9.17) is 0 Å². The molecular formula is C14H12FN3O2. The lowest BCUT2D eigenvalue weighted by atomic mass is 10.1. The van der Waals surface area contributed by atoms with E-state index in [1.807, 2.05) is 0 Å². The van der Waals surface area contributed by atoms with Crippen molar-refractivity contribution in [1.29, 1.82) is 0 Å². The summed E-state index contributed by atoms with van der Waals surface area (Å²) in [7, 11) is 0. The van der Waals surface area contributed by atoms with Crippen LogP contribution in [0.5, 0.6) is 0 Å². The topological polar surface area (TPSA) is 63.1 Å². The van der Waals surface area contributed by atoms with Gasteiger partial charge >= 0.3 is 0 Å². The first-order valence-electron chi connectivity index (χ1n) is 6.13. The predicted octanol–water partition coefficient (Wildman–Crippen LogP) is 2.18. The highest BCUT2D eigenvalue weighted by atomic mass is 19.1. The third-order valence-electron chi connectivity index (χ3n) is 3.24. The van der Waals surface area contributed by atoms with E-state index < -0.39 is 5.82 Å². The van der Waals surface area contributed by atoms with E-state index in [0.717, 1.165) is 0 Å². The van der Waals surface area contributed by atoms with Gasteiger partial charge in [0.15, 0.2) is 6.29 Å². The van der Waals surface area contributed by atoms with Gasteiger partial charge in [0.05, 0.1) is 17.1 Å². The first-order valence-corrected chi connectivity index (χ1v) is 6.13. The molecule has 0 bridgehead atoms. The van der Waals surface area contributed by atoms with Gasteiger partial charge in [0.1, 0.15) is 11.9 Å². The quantitative estimate of drug-likeness (QED) is 0.824. The van der Waals surface area contributed by atoms with E-state index in [-0.39, 0.29) is 11.9 Å². The standard InChI is InChI=1S/C14H12FN3O2/c1-8-14(20)17-11-4-10(15)13(5-12(11)16-8)18-3-2-9(6-18)7-19/h2-8,16H,1H3,(H,17,20). The number of hydrogen-bond donors (Lipinski definition) is 2. The Morgan fingerprint density at radius 3 is 2.85 bits per heavy atom. The second kappa shape index (κ2) is 4.48. The summed E-state index contributed by atoms with van der Waals surface area (Å²) >= 11 is 0. The summed E-state index contributed by atoms with van der Waals surface area (Å²) in [5.74, 6) is -0.678. The normalized spacial score (nSPS) is 17.1.